The van der Waals surface area contributed by atoms with E-state index in [0.717, 1.165) is 22.4 Å². The molecule has 0 spiro atoms. The van der Waals surface area contributed by atoms with E-state index in [1.807, 2.05) is 54.6 Å². The Kier molecular flexibility index (Phi) is 8.65. The topological polar surface area (TPSA) is 209 Å². The Balaban J connectivity index is 1.49. The van der Waals surface area contributed by atoms with E-state index in [4.69, 9.17) is 16.9 Å². The maximum absolute atomic E-state index is 13.4. The molecule has 9 N–H and O–H groups in total. The van der Waals surface area contributed by atoms with Gasteiger partial charge in [-0.2, -0.15) is 0 Å². The van der Waals surface area contributed by atoms with E-state index in [-0.39, 0.29) is 34.1 Å². The van der Waals surface area contributed by atoms with Crippen molar-refractivity contribution in [3.8, 4) is 11.1 Å². The first-order chi connectivity index (χ1) is 23.8. The molecule has 1 aliphatic rings. The molecule has 0 saturated carbocycles. The van der Waals surface area contributed by atoms with Crippen LogP contribution in [0.1, 0.15) is 83.1 Å². The normalized spacial score (nSPS) is 16.4. The third-order valence-corrected chi connectivity index (χ3v) is 9.13. The number of carbonyl (C=O) groups excluding carboxylic acids is 2. The number of fused-ring (bicyclic) bond motifs is 1. The van der Waals surface area contributed by atoms with Crippen LogP contribution in [-0.4, -0.2) is 39.8 Å². The average molecular weight is 668 g/mol. The van der Waals surface area contributed by atoms with E-state index in [1.165, 1.54) is 42.5 Å². The number of rotatable bonds is 9. The van der Waals surface area contributed by atoms with E-state index in [2.05, 4.69) is 17.6 Å². The Morgan fingerprint density at radius 3 is 2.08 bits per heavy atom. The van der Waals surface area contributed by atoms with Crippen LogP contribution in [-0.2, 0) is 5.41 Å². The summed E-state index contributed by atoms with van der Waals surface area (Å²) in [5.74, 6) is -3.70. The maximum Gasteiger partial charge on any atom is 0.336 e. The molecule has 0 saturated heterocycles. The number of anilines is 2. The van der Waals surface area contributed by atoms with Crippen LogP contribution >= 0.6 is 0 Å². The van der Waals surface area contributed by atoms with E-state index >= 15 is 0 Å². The Morgan fingerprint density at radius 2 is 1.44 bits per heavy atom. The molecular formula is C39H33N5O6. The number of carboxylic acids is 2. The van der Waals surface area contributed by atoms with Crippen molar-refractivity contribution in [2.45, 2.75) is 24.8 Å². The largest absolute Gasteiger partial charge is 0.478 e. The number of hydrogen-bond donors (Lipinski definition) is 7. The first-order valence-electron chi connectivity index (χ1n) is 15.6. The first-order valence-corrected chi connectivity index (χ1v) is 15.6. The van der Waals surface area contributed by atoms with Crippen LogP contribution in [0.5, 0.6) is 0 Å². The minimum Gasteiger partial charge on any atom is -0.478 e. The fourth-order valence-electron chi connectivity index (χ4n) is 6.51. The van der Waals surface area contributed by atoms with E-state index in [1.54, 1.807) is 12.1 Å². The van der Waals surface area contributed by atoms with Gasteiger partial charge in [0.1, 0.15) is 5.84 Å². The van der Waals surface area contributed by atoms with Crippen molar-refractivity contribution >= 4 is 41.0 Å². The molecule has 6 rings (SSSR count). The highest BCUT2D eigenvalue weighted by Crippen LogP contribution is 2.49. The number of nitrogens with one attached hydrogen (secondary N) is 3. The monoisotopic (exact) mass is 667 g/mol. The maximum atomic E-state index is 13.4. The van der Waals surface area contributed by atoms with Gasteiger partial charge < -0.3 is 32.3 Å². The van der Waals surface area contributed by atoms with Crippen molar-refractivity contribution in [2.24, 2.45) is 11.5 Å². The summed E-state index contributed by atoms with van der Waals surface area (Å²) in [6.45, 7) is 2.12. The number of aromatic carboxylic acids is 2. The van der Waals surface area contributed by atoms with Crippen molar-refractivity contribution in [1.29, 1.82) is 5.41 Å². The first kappa shape index (κ1) is 33.2. The minimum atomic E-state index is -1.26. The van der Waals surface area contributed by atoms with Crippen LogP contribution < -0.4 is 22.1 Å². The van der Waals surface area contributed by atoms with E-state index in [0.29, 0.717) is 28.8 Å². The van der Waals surface area contributed by atoms with Gasteiger partial charge in [-0.3, -0.25) is 15.0 Å². The summed E-state index contributed by atoms with van der Waals surface area (Å²) in [5, 5.41) is 34.0. The molecule has 250 valence electrons. The molecule has 0 fully saturated rings. The molecule has 11 nitrogen and oxygen atoms in total. The summed E-state index contributed by atoms with van der Waals surface area (Å²) in [4.78, 5) is 49.1. The van der Waals surface area contributed by atoms with Crippen molar-refractivity contribution in [2.75, 3.05) is 10.6 Å². The Morgan fingerprint density at radius 1 is 0.780 bits per heavy atom. The van der Waals surface area contributed by atoms with Crippen LogP contribution in [0.25, 0.3) is 11.1 Å². The zero-order chi connectivity index (χ0) is 35.7. The third kappa shape index (κ3) is 6.39. The summed E-state index contributed by atoms with van der Waals surface area (Å²) in [5.41, 5.74) is 16.2. The van der Waals surface area contributed by atoms with Crippen molar-refractivity contribution in [1.82, 2.24) is 0 Å². The number of amidine groups is 1. The fraction of sp³-hybridized carbons (Fsp3) is 0.103. The van der Waals surface area contributed by atoms with Crippen molar-refractivity contribution < 1.29 is 29.4 Å². The quantitative estimate of drug-likeness (QED) is 0.0704. The molecule has 50 heavy (non-hydrogen) atoms. The third-order valence-electron chi connectivity index (χ3n) is 9.13. The molecule has 2 amide bonds. The van der Waals surface area contributed by atoms with Crippen LogP contribution in [0.3, 0.4) is 0 Å². The molecule has 1 heterocycles. The van der Waals surface area contributed by atoms with Gasteiger partial charge in [0.15, 0.2) is 0 Å². The summed E-state index contributed by atoms with van der Waals surface area (Å²) in [6, 6.07) is 30.2. The molecule has 5 aromatic rings. The molecule has 0 bridgehead atoms. The highest BCUT2D eigenvalue weighted by Gasteiger charge is 2.39. The van der Waals surface area contributed by atoms with Gasteiger partial charge in [-0.25, -0.2) is 9.59 Å². The van der Waals surface area contributed by atoms with Gasteiger partial charge in [0.05, 0.1) is 17.2 Å². The second-order valence-electron chi connectivity index (χ2n) is 12.4. The number of hydrogen-bond acceptors (Lipinski definition) is 6. The summed E-state index contributed by atoms with van der Waals surface area (Å²) < 4.78 is 0. The molecule has 2 atom stereocenters. The highest BCUT2D eigenvalue weighted by molar-refractivity contribution is 6.06. The summed E-state index contributed by atoms with van der Waals surface area (Å²) in [6.07, 6.45) is 0.533. The SMILES string of the molecule is CC1(c2ccccc2)CC(c2cc(NC(=O)c3ccc(C(=O)O)cc3)cc(-c3ccc(C(N)=O)cc3C(=O)O)c2)Nc2ccc(C(=N)N)cc21. The lowest BCUT2D eigenvalue weighted by Gasteiger charge is -2.42. The zero-order valence-corrected chi connectivity index (χ0v) is 26.9. The van der Waals surface area contributed by atoms with Gasteiger partial charge in [-0.15, -0.1) is 0 Å². The van der Waals surface area contributed by atoms with E-state index < -0.39 is 29.2 Å². The molecular weight excluding hydrogens is 634 g/mol. The lowest BCUT2D eigenvalue weighted by atomic mass is 9.68. The average Bonchev–Trinajstić information content (AvgIpc) is 3.11. The van der Waals surface area contributed by atoms with Crippen LogP contribution in [0, 0.1) is 5.41 Å². The number of carbonyl (C=O) groups is 4. The Bertz CT molecular complexity index is 2200. The predicted molar refractivity (Wildman–Crippen MR) is 190 cm³/mol. The number of nitrogens with two attached hydrogens (primary N) is 2. The Hall–Kier alpha value is -6.75. The second-order valence-corrected chi connectivity index (χ2v) is 12.4. The van der Waals surface area contributed by atoms with E-state index in [9.17, 15) is 29.4 Å². The van der Waals surface area contributed by atoms with Crippen LogP contribution in [0.4, 0.5) is 11.4 Å². The second kappa shape index (κ2) is 13.0. The van der Waals surface area contributed by atoms with Crippen LogP contribution in [0.15, 0.2) is 109 Å². The number of benzene rings is 5. The van der Waals surface area contributed by atoms with Gasteiger partial charge in [0, 0.05) is 33.5 Å². The van der Waals surface area contributed by atoms with Crippen molar-refractivity contribution in [3.63, 3.8) is 0 Å². The number of primary amides is 1. The lowest BCUT2D eigenvalue weighted by molar-refractivity contribution is 0.0686. The fourth-order valence-corrected chi connectivity index (χ4v) is 6.51. The molecule has 1 aliphatic heterocycles. The highest BCUT2D eigenvalue weighted by atomic mass is 16.4. The molecule has 5 aromatic carbocycles. The molecule has 2 unspecified atom stereocenters. The number of amides is 2. The Labute approximate surface area is 287 Å². The summed E-state index contributed by atoms with van der Waals surface area (Å²) >= 11 is 0. The molecule has 0 aromatic heterocycles. The van der Waals surface area contributed by atoms with Gasteiger partial charge in [-0.1, -0.05) is 43.3 Å². The van der Waals surface area contributed by atoms with Gasteiger partial charge >= 0.3 is 11.9 Å². The minimum absolute atomic E-state index is 0.0342. The zero-order valence-electron chi connectivity index (χ0n) is 26.9. The van der Waals surface area contributed by atoms with Gasteiger partial charge in [-0.05, 0) is 107 Å². The molecule has 0 aliphatic carbocycles. The predicted octanol–water partition coefficient (Wildman–Crippen LogP) is 6.25. The van der Waals surface area contributed by atoms with Gasteiger partial charge in [0.25, 0.3) is 5.91 Å². The molecule has 0 radical (unpaired) electrons. The molecule has 11 heteroatoms. The van der Waals surface area contributed by atoms with Crippen molar-refractivity contribution in [3.05, 3.63) is 154 Å². The number of carboxylic acid groups (broad SMARTS) is 2. The number of nitrogen functional groups attached to an aromatic ring is 1. The summed E-state index contributed by atoms with van der Waals surface area (Å²) in [7, 11) is 0. The smallest absolute Gasteiger partial charge is 0.336 e. The lowest BCUT2D eigenvalue weighted by Crippen LogP contribution is -2.35. The van der Waals surface area contributed by atoms with Gasteiger partial charge in [0.2, 0.25) is 5.91 Å². The standard InChI is InChI=1S/C39H33N5O6/c1-39(27-5-3-2-4-6-27)20-33(44-32-14-12-23(34(40)41)19-31(32)39)26-15-25(29-13-11-24(35(42)45)18-30(29)38(49)50)16-28(17-26)43-36(46)21-7-9-22(10-8-21)37(47)48/h2-19,33,44H,20H2,1H3,(H3,40,41)(H2,42,45)(H,43,46)(H,47,48)(H,49,50). The van der Waals surface area contributed by atoms with Crippen LogP contribution in [0.2, 0.25) is 0 Å².